The summed E-state index contributed by atoms with van der Waals surface area (Å²) in [6.45, 7) is 0.265. The summed E-state index contributed by atoms with van der Waals surface area (Å²) in [5.74, 6) is -0.657. The summed E-state index contributed by atoms with van der Waals surface area (Å²) >= 11 is 0. The first-order chi connectivity index (χ1) is 6.75. The maximum absolute atomic E-state index is 10.7. The third-order valence-electron chi connectivity index (χ3n) is 1.59. The molecular weight excluding hydrogens is 182 g/mol. The zero-order valence-corrected chi connectivity index (χ0v) is 7.51. The summed E-state index contributed by atoms with van der Waals surface area (Å²) in [4.78, 5) is 10.7. The molecule has 0 aromatic heterocycles. The van der Waals surface area contributed by atoms with Crippen LogP contribution in [-0.2, 0) is 0 Å². The summed E-state index contributed by atoms with van der Waals surface area (Å²) in [6, 6.07) is 6.46. The highest BCUT2D eigenvalue weighted by molar-refractivity contribution is 5.90. The van der Waals surface area contributed by atoms with E-state index < -0.39 is 5.97 Å². The minimum atomic E-state index is -1.00. The minimum Gasteiger partial charge on any atom is -0.489 e. The molecule has 0 heterocycles. The molecule has 4 nitrogen and oxygen atoms in total. The smallest absolute Gasteiger partial charge is 0.339 e. The Kier molecular flexibility index (Phi) is 3.55. The Balaban J connectivity index is 2.79. The fourth-order valence-electron chi connectivity index (χ4n) is 0.963. The van der Waals surface area contributed by atoms with Gasteiger partial charge in [-0.2, -0.15) is 0 Å². The van der Waals surface area contributed by atoms with E-state index in [1.54, 1.807) is 24.3 Å². The Labute approximate surface area is 81.6 Å². The first-order valence-electron chi connectivity index (χ1n) is 4.07. The lowest BCUT2D eigenvalue weighted by atomic mass is 10.2. The van der Waals surface area contributed by atoms with Crippen molar-refractivity contribution in [2.45, 2.75) is 0 Å². The molecule has 1 aromatic rings. The second kappa shape index (κ2) is 4.91. The van der Waals surface area contributed by atoms with Crippen molar-refractivity contribution in [2.24, 2.45) is 5.73 Å². The molecule has 14 heavy (non-hydrogen) atoms. The maximum atomic E-state index is 10.7. The first kappa shape index (κ1) is 10.1. The van der Waals surface area contributed by atoms with Gasteiger partial charge < -0.3 is 15.6 Å². The second-order valence-corrected chi connectivity index (χ2v) is 2.54. The van der Waals surface area contributed by atoms with Crippen LogP contribution in [0.3, 0.4) is 0 Å². The number of rotatable bonds is 4. The molecule has 0 saturated carbocycles. The van der Waals surface area contributed by atoms with Crippen molar-refractivity contribution in [1.29, 1.82) is 0 Å². The van der Waals surface area contributed by atoms with Crippen molar-refractivity contribution in [3.63, 3.8) is 0 Å². The van der Waals surface area contributed by atoms with Gasteiger partial charge in [0.25, 0.3) is 0 Å². The standard InChI is InChI=1S/C10H11NO3/c11-6-3-7-14-9-5-2-1-4-8(9)10(12)13/h1-6H,7,11H2,(H,12,13). The van der Waals surface area contributed by atoms with Crippen molar-refractivity contribution < 1.29 is 14.6 Å². The molecule has 74 valence electrons. The summed E-state index contributed by atoms with van der Waals surface area (Å²) < 4.78 is 5.19. The molecule has 0 amide bonds. The zero-order valence-electron chi connectivity index (χ0n) is 7.51. The fourth-order valence-corrected chi connectivity index (χ4v) is 0.963. The number of aromatic carboxylic acids is 1. The van der Waals surface area contributed by atoms with E-state index in [9.17, 15) is 4.79 Å². The lowest BCUT2D eigenvalue weighted by molar-refractivity contribution is 0.0693. The van der Waals surface area contributed by atoms with Crippen LogP contribution in [0.15, 0.2) is 36.5 Å². The highest BCUT2D eigenvalue weighted by Crippen LogP contribution is 2.17. The van der Waals surface area contributed by atoms with Crippen LogP contribution < -0.4 is 10.5 Å². The average Bonchev–Trinajstić information content (AvgIpc) is 2.19. The van der Waals surface area contributed by atoms with Gasteiger partial charge in [0.1, 0.15) is 17.9 Å². The maximum Gasteiger partial charge on any atom is 0.339 e. The fraction of sp³-hybridized carbons (Fsp3) is 0.100. The third-order valence-corrected chi connectivity index (χ3v) is 1.59. The van der Waals surface area contributed by atoms with Gasteiger partial charge in [-0.25, -0.2) is 4.79 Å². The van der Waals surface area contributed by atoms with Gasteiger partial charge >= 0.3 is 5.97 Å². The van der Waals surface area contributed by atoms with Gasteiger partial charge in [-0.05, 0) is 24.4 Å². The number of carbonyl (C=O) groups is 1. The summed E-state index contributed by atoms with van der Waals surface area (Å²) in [7, 11) is 0. The number of carboxylic acid groups (broad SMARTS) is 1. The lowest BCUT2D eigenvalue weighted by Gasteiger charge is -2.05. The van der Waals surface area contributed by atoms with E-state index in [0.29, 0.717) is 5.75 Å². The average molecular weight is 193 g/mol. The van der Waals surface area contributed by atoms with Crippen LogP contribution in [0.2, 0.25) is 0 Å². The van der Waals surface area contributed by atoms with Crippen molar-refractivity contribution in [3.05, 3.63) is 42.1 Å². The Morgan fingerprint density at radius 3 is 2.86 bits per heavy atom. The van der Waals surface area contributed by atoms with E-state index >= 15 is 0 Å². The van der Waals surface area contributed by atoms with E-state index in [1.165, 1.54) is 12.3 Å². The summed E-state index contributed by atoms with van der Waals surface area (Å²) in [5, 5.41) is 8.80. The van der Waals surface area contributed by atoms with E-state index in [2.05, 4.69) is 0 Å². The molecule has 0 saturated heterocycles. The van der Waals surface area contributed by atoms with Gasteiger partial charge in [-0.3, -0.25) is 0 Å². The Morgan fingerprint density at radius 2 is 2.21 bits per heavy atom. The zero-order chi connectivity index (χ0) is 10.4. The van der Waals surface area contributed by atoms with Gasteiger partial charge in [0.05, 0.1) is 0 Å². The molecule has 1 aromatic carbocycles. The molecule has 0 aliphatic heterocycles. The van der Waals surface area contributed by atoms with Crippen LogP contribution >= 0.6 is 0 Å². The highest BCUT2D eigenvalue weighted by atomic mass is 16.5. The number of hydrogen-bond acceptors (Lipinski definition) is 3. The quantitative estimate of drug-likeness (QED) is 0.754. The number of para-hydroxylation sites is 1. The molecule has 0 unspecified atom stereocenters. The third kappa shape index (κ3) is 2.52. The van der Waals surface area contributed by atoms with Crippen LogP contribution in [0, 0.1) is 0 Å². The monoisotopic (exact) mass is 193 g/mol. The topological polar surface area (TPSA) is 72.5 Å². The molecule has 4 heteroatoms. The predicted molar refractivity (Wildman–Crippen MR) is 52.2 cm³/mol. The van der Waals surface area contributed by atoms with Crippen LogP contribution in [-0.4, -0.2) is 17.7 Å². The van der Waals surface area contributed by atoms with Crippen molar-refractivity contribution >= 4 is 5.97 Å². The summed E-state index contributed by atoms with van der Waals surface area (Å²) in [6.07, 6.45) is 2.95. The number of carboxylic acids is 1. The normalized spacial score (nSPS) is 10.3. The number of ether oxygens (including phenoxy) is 1. The van der Waals surface area contributed by atoms with Crippen LogP contribution in [0.5, 0.6) is 5.75 Å². The molecule has 1 rings (SSSR count). The van der Waals surface area contributed by atoms with Crippen molar-refractivity contribution in [3.8, 4) is 5.75 Å². The molecular formula is C10H11NO3. The highest BCUT2D eigenvalue weighted by Gasteiger charge is 2.08. The number of nitrogens with two attached hydrogens (primary N) is 1. The number of benzene rings is 1. The number of hydrogen-bond donors (Lipinski definition) is 2. The Morgan fingerprint density at radius 1 is 1.50 bits per heavy atom. The first-order valence-corrected chi connectivity index (χ1v) is 4.07. The lowest BCUT2D eigenvalue weighted by Crippen LogP contribution is -2.03. The summed E-state index contributed by atoms with van der Waals surface area (Å²) in [5.41, 5.74) is 5.26. The van der Waals surface area contributed by atoms with Crippen LogP contribution in [0.1, 0.15) is 10.4 Å². The molecule has 0 aliphatic carbocycles. The van der Waals surface area contributed by atoms with Crippen molar-refractivity contribution in [1.82, 2.24) is 0 Å². The Bertz CT molecular complexity index is 347. The molecule has 0 radical (unpaired) electrons. The molecule has 0 aliphatic rings. The van der Waals surface area contributed by atoms with E-state index in [4.69, 9.17) is 15.6 Å². The SMILES string of the molecule is NC=CCOc1ccccc1C(=O)O. The van der Waals surface area contributed by atoms with Gasteiger partial charge in [0.15, 0.2) is 0 Å². The molecule has 0 fully saturated rings. The molecule has 0 bridgehead atoms. The van der Waals surface area contributed by atoms with Crippen LogP contribution in [0.4, 0.5) is 0 Å². The Hall–Kier alpha value is -1.97. The van der Waals surface area contributed by atoms with E-state index in [-0.39, 0.29) is 12.2 Å². The predicted octanol–water partition coefficient (Wildman–Crippen LogP) is 1.24. The van der Waals surface area contributed by atoms with E-state index in [1.807, 2.05) is 0 Å². The van der Waals surface area contributed by atoms with E-state index in [0.717, 1.165) is 0 Å². The van der Waals surface area contributed by atoms with Crippen LogP contribution in [0.25, 0.3) is 0 Å². The second-order valence-electron chi connectivity index (χ2n) is 2.54. The molecule has 0 atom stereocenters. The minimum absolute atomic E-state index is 0.151. The van der Waals surface area contributed by atoms with Gasteiger partial charge in [-0.15, -0.1) is 0 Å². The van der Waals surface area contributed by atoms with Gasteiger partial charge in [0, 0.05) is 0 Å². The van der Waals surface area contributed by atoms with Crippen molar-refractivity contribution in [2.75, 3.05) is 6.61 Å². The van der Waals surface area contributed by atoms with Gasteiger partial charge in [-0.1, -0.05) is 12.1 Å². The molecule has 3 N–H and O–H groups in total. The van der Waals surface area contributed by atoms with Gasteiger partial charge in [0.2, 0.25) is 0 Å². The largest absolute Gasteiger partial charge is 0.489 e. The molecule has 0 spiro atoms.